The number of carbonyl (C=O) groups excluding carboxylic acids is 1. The van der Waals surface area contributed by atoms with E-state index in [2.05, 4.69) is 29.6 Å². The number of hydrogen-bond acceptors (Lipinski definition) is 4. The lowest BCUT2D eigenvalue weighted by Crippen LogP contribution is -2.37. The van der Waals surface area contributed by atoms with E-state index in [1.54, 1.807) is 0 Å². The van der Waals surface area contributed by atoms with Gasteiger partial charge in [-0.25, -0.2) is 14.6 Å². The highest BCUT2D eigenvalue weighted by Gasteiger charge is 2.08. The first-order valence-electron chi connectivity index (χ1n) is 4.87. The predicted octanol–water partition coefficient (Wildman–Crippen LogP) is 1.47. The van der Waals surface area contributed by atoms with Gasteiger partial charge in [-0.15, -0.1) is 0 Å². The van der Waals surface area contributed by atoms with Crippen molar-refractivity contribution in [2.75, 3.05) is 19.8 Å². The van der Waals surface area contributed by atoms with E-state index in [9.17, 15) is 4.39 Å². The Hall–Kier alpha value is -1.55. The Labute approximate surface area is 92.9 Å². The van der Waals surface area contributed by atoms with Crippen LogP contribution in [0.25, 0.3) is 11.1 Å². The Bertz CT molecular complexity index is 321. The van der Waals surface area contributed by atoms with Gasteiger partial charge in [-0.05, 0) is 11.1 Å². The van der Waals surface area contributed by atoms with Gasteiger partial charge in [0.2, 0.25) is 6.08 Å². The molecule has 0 aromatic rings. The fraction of sp³-hybridized carbons (Fsp3) is 0.364. The molecule has 3 rings (SSSR count). The largest absolute Gasteiger partial charge is 0.376 e. The van der Waals surface area contributed by atoms with Crippen molar-refractivity contribution in [2.45, 2.75) is 6.30 Å². The number of halogens is 1. The minimum absolute atomic E-state index is 0.208. The minimum atomic E-state index is -0.936. The van der Waals surface area contributed by atoms with E-state index >= 15 is 0 Å². The van der Waals surface area contributed by atoms with Crippen LogP contribution < -0.4 is 5.32 Å². The van der Waals surface area contributed by atoms with Gasteiger partial charge in [0.15, 0.2) is 6.30 Å². The van der Waals surface area contributed by atoms with Crippen molar-refractivity contribution < 1.29 is 13.9 Å². The van der Waals surface area contributed by atoms with Crippen LogP contribution in [0.15, 0.2) is 24.3 Å². The molecule has 86 valence electrons. The molecule has 16 heavy (non-hydrogen) atoms. The lowest BCUT2D eigenvalue weighted by molar-refractivity contribution is 0.0286. The SMILES string of the molecule is FC1COCCN1.N=C=O.c1cc2ccc1-2. The van der Waals surface area contributed by atoms with Crippen LogP contribution in [0.3, 0.4) is 0 Å². The molecule has 0 amide bonds. The van der Waals surface area contributed by atoms with E-state index in [-0.39, 0.29) is 6.61 Å². The smallest absolute Gasteiger partial charge is 0.231 e. The zero-order valence-electron chi connectivity index (χ0n) is 8.70. The van der Waals surface area contributed by atoms with Crippen LogP contribution in [-0.4, -0.2) is 32.1 Å². The maximum atomic E-state index is 11.9. The van der Waals surface area contributed by atoms with Crippen LogP contribution in [0, 0.1) is 5.41 Å². The Balaban J connectivity index is 0.000000131. The first kappa shape index (κ1) is 12.5. The van der Waals surface area contributed by atoms with Crippen molar-refractivity contribution in [1.29, 1.82) is 5.41 Å². The van der Waals surface area contributed by atoms with E-state index in [0.29, 0.717) is 13.2 Å². The number of nitrogens with one attached hydrogen (secondary N) is 2. The number of hydrogen-bond donors (Lipinski definition) is 2. The number of ether oxygens (including phenoxy) is 1. The molecule has 0 radical (unpaired) electrons. The molecule has 1 saturated heterocycles. The molecule has 0 spiro atoms. The molecule has 0 aromatic heterocycles. The molecule has 1 aliphatic heterocycles. The van der Waals surface area contributed by atoms with Gasteiger partial charge >= 0.3 is 0 Å². The summed E-state index contributed by atoms with van der Waals surface area (Å²) in [5.41, 5.74) is 2.85. The van der Waals surface area contributed by atoms with E-state index in [4.69, 9.17) is 14.9 Å². The lowest BCUT2D eigenvalue weighted by atomic mass is 9.95. The second-order valence-electron chi connectivity index (χ2n) is 3.18. The number of rotatable bonds is 0. The first-order chi connectivity index (χ1) is 7.77. The molecule has 0 saturated carbocycles. The molecule has 2 N–H and O–H groups in total. The van der Waals surface area contributed by atoms with Gasteiger partial charge in [0.25, 0.3) is 0 Å². The molecule has 0 bridgehead atoms. The summed E-state index contributed by atoms with van der Waals surface area (Å²) in [7, 11) is 0. The Morgan fingerprint density at radius 1 is 1.38 bits per heavy atom. The van der Waals surface area contributed by atoms with E-state index < -0.39 is 6.30 Å². The maximum Gasteiger partial charge on any atom is 0.231 e. The van der Waals surface area contributed by atoms with Crippen molar-refractivity contribution in [3.05, 3.63) is 24.3 Å². The van der Waals surface area contributed by atoms with Crippen molar-refractivity contribution in [2.24, 2.45) is 0 Å². The molecule has 0 aromatic carbocycles. The second-order valence-corrected chi connectivity index (χ2v) is 3.18. The number of morpholine rings is 1. The standard InChI is InChI=1S/C6H4.C4H8FNO.CHNO/c1-2-6-4-3-5(1)6;5-4-3-7-2-1-6-4;2-1-3/h1-4H;4,6H,1-3H2;2H. The van der Waals surface area contributed by atoms with Crippen LogP contribution >= 0.6 is 0 Å². The average Bonchev–Trinajstić information content (AvgIpc) is 2.26. The third-order valence-electron chi connectivity index (χ3n) is 2.09. The summed E-state index contributed by atoms with van der Waals surface area (Å²) in [5, 5.41) is 7.99. The van der Waals surface area contributed by atoms with E-state index in [1.165, 1.54) is 11.1 Å². The zero-order chi connectivity index (χ0) is 11.8. The van der Waals surface area contributed by atoms with Crippen molar-refractivity contribution >= 4 is 6.08 Å². The topological polar surface area (TPSA) is 62.2 Å². The third-order valence-corrected chi connectivity index (χ3v) is 2.09. The van der Waals surface area contributed by atoms with E-state index in [1.807, 2.05) is 0 Å². The highest BCUT2D eigenvalue weighted by atomic mass is 19.1. The number of fused-ring (bicyclic) bond motifs is 1. The molecular weight excluding hydrogens is 211 g/mol. The number of alkyl halides is 1. The van der Waals surface area contributed by atoms with Crippen molar-refractivity contribution in [3.63, 3.8) is 0 Å². The third kappa shape index (κ3) is 3.90. The highest BCUT2D eigenvalue weighted by molar-refractivity contribution is 5.75. The molecule has 5 heteroatoms. The summed E-state index contributed by atoms with van der Waals surface area (Å²) in [4.78, 5) is 8.35. The van der Waals surface area contributed by atoms with Crippen LogP contribution in [0.5, 0.6) is 0 Å². The summed E-state index contributed by atoms with van der Waals surface area (Å²) in [6.45, 7) is 1.49. The van der Waals surface area contributed by atoms with Gasteiger partial charge in [0.1, 0.15) is 0 Å². The summed E-state index contributed by atoms with van der Waals surface area (Å²) in [6.07, 6.45) is -0.186. The summed E-state index contributed by atoms with van der Waals surface area (Å²) >= 11 is 0. The van der Waals surface area contributed by atoms with Crippen LogP contribution in [0.1, 0.15) is 0 Å². The fourth-order valence-corrected chi connectivity index (χ4v) is 1.20. The molecule has 2 aliphatic carbocycles. The van der Waals surface area contributed by atoms with Crippen LogP contribution in [-0.2, 0) is 9.53 Å². The predicted molar refractivity (Wildman–Crippen MR) is 57.6 cm³/mol. The molecule has 1 fully saturated rings. The molecule has 1 heterocycles. The lowest BCUT2D eigenvalue weighted by Gasteiger charge is -2.15. The van der Waals surface area contributed by atoms with Crippen molar-refractivity contribution in [1.82, 2.24) is 5.32 Å². The van der Waals surface area contributed by atoms with Gasteiger partial charge in [0.05, 0.1) is 13.2 Å². The molecule has 1 unspecified atom stereocenters. The van der Waals surface area contributed by atoms with Crippen LogP contribution in [0.4, 0.5) is 4.39 Å². The number of isocyanates is 1. The van der Waals surface area contributed by atoms with Crippen LogP contribution in [0.2, 0.25) is 0 Å². The molecule has 4 nitrogen and oxygen atoms in total. The Morgan fingerprint density at radius 3 is 2.00 bits per heavy atom. The fourth-order valence-electron chi connectivity index (χ4n) is 1.20. The highest BCUT2D eigenvalue weighted by Crippen LogP contribution is 2.29. The van der Waals surface area contributed by atoms with Gasteiger partial charge in [-0.2, -0.15) is 0 Å². The molecule has 1 atom stereocenters. The van der Waals surface area contributed by atoms with Gasteiger partial charge in [0, 0.05) is 6.54 Å². The van der Waals surface area contributed by atoms with E-state index in [0.717, 1.165) is 6.08 Å². The summed E-state index contributed by atoms with van der Waals surface area (Å²) in [5.74, 6) is 0. The first-order valence-corrected chi connectivity index (χ1v) is 4.87. The number of benzene rings is 1. The van der Waals surface area contributed by atoms with Gasteiger partial charge in [-0.3, -0.25) is 5.32 Å². The minimum Gasteiger partial charge on any atom is -0.376 e. The molecule has 3 aliphatic rings. The zero-order valence-corrected chi connectivity index (χ0v) is 8.70. The van der Waals surface area contributed by atoms with Gasteiger partial charge in [-0.1, -0.05) is 24.3 Å². The second kappa shape index (κ2) is 6.85. The average molecular weight is 224 g/mol. The quantitative estimate of drug-likeness (QED) is 0.404. The summed E-state index contributed by atoms with van der Waals surface area (Å²) in [6, 6.07) is 8.48. The van der Waals surface area contributed by atoms with Gasteiger partial charge < -0.3 is 4.74 Å². The Morgan fingerprint density at radius 2 is 1.88 bits per heavy atom. The summed E-state index contributed by atoms with van der Waals surface area (Å²) < 4.78 is 16.7. The normalized spacial score (nSPS) is 19.2. The molecular formula is C11H13FN2O2. The monoisotopic (exact) mass is 224 g/mol. The Kier molecular flexibility index (Phi) is 5.36. The maximum absolute atomic E-state index is 11.9. The van der Waals surface area contributed by atoms with Crippen molar-refractivity contribution in [3.8, 4) is 11.1 Å².